The van der Waals surface area contributed by atoms with Gasteiger partial charge in [0.1, 0.15) is 11.6 Å². The molecule has 2 aromatic carbocycles. The Balaban J connectivity index is 2.37. The van der Waals surface area contributed by atoms with Crippen molar-refractivity contribution in [1.29, 1.82) is 0 Å². The number of nitro groups is 1. The summed E-state index contributed by atoms with van der Waals surface area (Å²) in [6, 6.07) is 8.54. The highest BCUT2D eigenvalue weighted by Gasteiger charge is 2.23. The molecule has 0 fully saturated rings. The van der Waals surface area contributed by atoms with Crippen molar-refractivity contribution in [1.82, 2.24) is 0 Å². The molecule has 8 heteroatoms. The summed E-state index contributed by atoms with van der Waals surface area (Å²) < 4.78 is 26.8. The van der Waals surface area contributed by atoms with Gasteiger partial charge in [-0.3, -0.25) is 10.1 Å². The van der Waals surface area contributed by atoms with Crippen LogP contribution in [0.5, 0.6) is 0 Å². The zero-order chi connectivity index (χ0) is 17.7. The average molecular weight is 354 g/mol. The van der Waals surface area contributed by atoms with Crippen LogP contribution < -0.4 is 5.73 Å². The maximum atomic E-state index is 13.5. The first-order valence-corrected chi connectivity index (χ1v) is 8.01. The number of halogens is 2. The van der Waals surface area contributed by atoms with Gasteiger partial charge in [-0.25, -0.2) is 8.78 Å². The van der Waals surface area contributed by atoms with Crippen molar-refractivity contribution in [2.75, 3.05) is 6.61 Å². The van der Waals surface area contributed by atoms with Gasteiger partial charge in [0.15, 0.2) is 0 Å². The van der Waals surface area contributed by atoms with Crippen molar-refractivity contribution < 1.29 is 18.8 Å². The van der Waals surface area contributed by atoms with Crippen LogP contribution in [0, 0.1) is 21.7 Å². The third-order valence-electron chi connectivity index (χ3n) is 3.36. The number of nitrogens with zero attached hydrogens (tertiary/aromatic N) is 1. The molecule has 0 heterocycles. The van der Waals surface area contributed by atoms with Gasteiger partial charge in [0.05, 0.1) is 22.5 Å². The molecule has 0 aliphatic rings. The monoisotopic (exact) mass is 354 g/mol. The van der Waals surface area contributed by atoms with Gasteiger partial charge < -0.3 is 10.8 Å². The van der Waals surface area contributed by atoms with Crippen LogP contribution in [0.15, 0.2) is 47.4 Å². The summed E-state index contributed by atoms with van der Waals surface area (Å²) in [7, 11) is 0. The standard InChI is InChI=1S/C16H16F2N2O3S/c17-11-3-1-2-10(6-11)16(8-13(19)9-21)24-15-5-4-12(18)7-14(15)20(22)23/h1-7,13,16,21H,8-9,19H2/t13-,16+/m0/s1. The van der Waals surface area contributed by atoms with E-state index in [0.29, 0.717) is 5.56 Å². The van der Waals surface area contributed by atoms with E-state index in [9.17, 15) is 18.9 Å². The van der Waals surface area contributed by atoms with E-state index >= 15 is 0 Å². The molecule has 2 atom stereocenters. The van der Waals surface area contributed by atoms with E-state index in [1.807, 2.05) is 0 Å². The Bertz CT molecular complexity index is 730. The quantitative estimate of drug-likeness (QED) is 0.452. The highest BCUT2D eigenvalue weighted by atomic mass is 32.2. The molecule has 5 nitrogen and oxygen atoms in total. The lowest BCUT2D eigenvalue weighted by Gasteiger charge is -2.20. The Morgan fingerprint density at radius 3 is 2.54 bits per heavy atom. The van der Waals surface area contributed by atoms with Crippen molar-refractivity contribution in [3.63, 3.8) is 0 Å². The second-order valence-electron chi connectivity index (χ2n) is 5.21. The van der Waals surface area contributed by atoms with E-state index in [0.717, 1.165) is 23.9 Å². The topological polar surface area (TPSA) is 89.4 Å². The molecular weight excluding hydrogens is 338 g/mol. The molecule has 0 radical (unpaired) electrons. The van der Waals surface area contributed by atoms with Crippen molar-refractivity contribution in [3.8, 4) is 0 Å². The minimum Gasteiger partial charge on any atom is -0.395 e. The Kier molecular flexibility index (Phi) is 6.24. The van der Waals surface area contributed by atoms with Crippen molar-refractivity contribution in [3.05, 3.63) is 69.8 Å². The van der Waals surface area contributed by atoms with E-state index in [-0.39, 0.29) is 23.6 Å². The highest BCUT2D eigenvalue weighted by Crippen LogP contribution is 2.42. The molecule has 2 aromatic rings. The lowest BCUT2D eigenvalue weighted by molar-refractivity contribution is -0.387. The number of aliphatic hydroxyl groups is 1. The summed E-state index contributed by atoms with van der Waals surface area (Å²) in [5.41, 5.74) is 6.00. The second-order valence-corrected chi connectivity index (χ2v) is 6.45. The molecule has 0 unspecified atom stereocenters. The molecule has 0 saturated heterocycles. The number of aliphatic hydroxyl groups excluding tert-OH is 1. The molecule has 0 spiro atoms. The van der Waals surface area contributed by atoms with Gasteiger partial charge in [0, 0.05) is 11.3 Å². The molecule has 3 N–H and O–H groups in total. The van der Waals surface area contributed by atoms with Crippen LogP contribution in [0.1, 0.15) is 17.2 Å². The molecule has 0 saturated carbocycles. The van der Waals surface area contributed by atoms with Gasteiger partial charge in [-0.05, 0) is 36.2 Å². The van der Waals surface area contributed by atoms with Crippen LogP contribution in [-0.4, -0.2) is 22.7 Å². The third-order valence-corrected chi connectivity index (χ3v) is 4.71. The summed E-state index contributed by atoms with van der Waals surface area (Å²) >= 11 is 1.09. The van der Waals surface area contributed by atoms with Crippen LogP contribution in [0.25, 0.3) is 0 Å². The smallest absolute Gasteiger partial charge is 0.285 e. The maximum absolute atomic E-state index is 13.5. The zero-order valence-electron chi connectivity index (χ0n) is 12.6. The summed E-state index contributed by atoms with van der Waals surface area (Å²) in [5.74, 6) is -1.15. The number of nitrogens with two attached hydrogens (primary N) is 1. The van der Waals surface area contributed by atoms with Crippen LogP contribution in [0.2, 0.25) is 0 Å². The summed E-state index contributed by atoms with van der Waals surface area (Å²) in [6.45, 7) is -0.266. The lowest BCUT2D eigenvalue weighted by Crippen LogP contribution is -2.26. The van der Waals surface area contributed by atoms with Crippen molar-refractivity contribution in [2.24, 2.45) is 5.73 Å². The first-order chi connectivity index (χ1) is 11.4. The number of thioether (sulfide) groups is 1. The predicted octanol–water partition coefficient (Wildman–Crippen LogP) is 3.42. The van der Waals surface area contributed by atoms with Gasteiger partial charge >= 0.3 is 0 Å². The lowest BCUT2D eigenvalue weighted by atomic mass is 10.1. The van der Waals surface area contributed by atoms with Crippen molar-refractivity contribution >= 4 is 17.4 Å². The van der Waals surface area contributed by atoms with Gasteiger partial charge in [0.2, 0.25) is 0 Å². The van der Waals surface area contributed by atoms with E-state index in [1.165, 1.54) is 24.3 Å². The Labute approximate surface area is 141 Å². The molecule has 24 heavy (non-hydrogen) atoms. The predicted molar refractivity (Wildman–Crippen MR) is 87.7 cm³/mol. The summed E-state index contributed by atoms with van der Waals surface area (Å²) in [4.78, 5) is 10.7. The van der Waals surface area contributed by atoms with Gasteiger partial charge in [-0.1, -0.05) is 12.1 Å². The van der Waals surface area contributed by atoms with Crippen LogP contribution in [0.4, 0.5) is 14.5 Å². The molecule has 2 rings (SSSR count). The fraction of sp³-hybridized carbons (Fsp3) is 0.250. The van der Waals surface area contributed by atoms with Crippen LogP contribution in [0.3, 0.4) is 0 Å². The molecule has 0 aliphatic heterocycles. The second kappa shape index (κ2) is 8.18. The first kappa shape index (κ1) is 18.3. The minimum absolute atomic E-state index is 0.251. The third kappa shape index (κ3) is 4.73. The van der Waals surface area contributed by atoms with Gasteiger partial charge in [0.25, 0.3) is 5.69 Å². The van der Waals surface area contributed by atoms with Crippen LogP contribution >= 0.6 is 11.8 Å². The van der Waals surface area contributed by atoms with E-state index in [2.05, 4.69) is 0 Å². The normalized spacial score (nSPS) is 13.5. The first-order valence-electron chi connectivity index (χ1n) is 7.13. The highest BCUT2D eigenvalue weighted by molar-refractivity contribution is 7.99. The number of nitro benzene ring substituents is 1. The molecule has 0 bridgehead atoms. The molecule has 0 aliphatic carbocycles. The van der Waals surface area contributed by atoms with Crippen molar-refractivity contribution in [2.45, 2.75) is 22.6 Å². The van der Waals surface area contributed by atoms with E-state index < -0.39 is 27.8 Å². The summed E-state index contributed by atoms with van der Waals surface area (Å²) in [6.07, 6.45) is 0.277. The Hall–Kier alpha value is -2.03. The van der Waals surface area contributed by atoms with Gasteiger partial charge in [-0.2, -0.15) is 0 Å². The molecule has 0 aromatic heterocycles. The number of rotatable bonds is 7. The van der Waals surface area contributed by atoms with Gasteiger partial charge in [-0.15, -0.1) is 11.8 Å². The number of hydrogen-bond donors (Lipinski definition) is 2. The largest absolute Gasteiger partial charge is 0.395 e. The van der Waals surface area contributed by atoms with E-state index in [4.69, 9.17) is 10.8 Å². The van der Waals surface area contributed by atoms with Crippen LogP contribution in [-0.2, 0) is 0 Å². The Morgan fingerprint density at radius 1 is 1.21 bits per heavy atom. The number of benzene rings is 2. The SMILES string of the molecule is N[C@H](CO)C[C@@H](Sc1ccc(F)cc1[N+](=O)[O-])c1cccc(F)c1. The molecule has 0 amide bonds. The fourth-order valence-corrected chi connectivity index (χ4v) is 3.53. The fourth-order valence-electron chi connectivity index (χ4n) is 2.19. The maximum Gasteiger partial charge on any atom is 0.285 e. The average Bonchev–Trinajstić information content (AvgIpc) is 2.55. The zero-order valence-corrected chi connectivity index (χ0v) is 13.4. The summed E-state index contributed by atoms with van der Waals surface area (Å²) in [5, 5.41) is 19.9. The Morgan fingerprint density at radius 2 is 1.92 bits per heavy atom. The minimum atomic E-state index is -0.708. The molecular formula is C16H16F2N2O3S. The van der Waals surface area contributed by atoms with E-state index in [1.54, 1.807) is 6.07 Å². The molecule has 128 valence electrons. The number of hydrogen-bond acceptors (Lipinski definition) is 5.